The molecule has 218 valence electrons. The fourth-order valence-corrected chi connectivity index (χ4v) is 5.22. The summed E-state index contributed by atoms with van der Waals surface area (Å²) in [6, 6.07) is 9.25. The third-order valence-electron chi connectivity index (χ3n) is 7.69. The first kappa shape index (κ1) is 34.5. The Hall–Kier alpha value is -1.57. The molecule has 0 unspecified atom stereocenters. The van der Waals surface area contributed by atoms with Gasteiger partial charge in [-0.3, -0.25) is 0 Å². The normalized spacial score (nSPS) is 11.4. The van der Waals surface area contributed by atoms with Gasteiger partial charge in [0.1, 0.15) is 5.75 Å². The molecule has 1 aromatic rings. The predicted molar refractivity (Wildman–Crippen MR) is 167 cm³/mol. The lowest BCUT2D eigenvalue weighted by Crippen LogP contribution is -2.03. The maximum absolute atomic E-state index is 11.7. The molecule has 0 saturated heterocycles. The zero-order valence-electron chi connectivity index (χ0n) is 25.2. The highest BCUT2D eigenvalue weighted by Crippen LogP contribution is 2.16. The van der Waals surface area contributed by atoms with Crippen LogP contribution in [0.5, 0.6) is 5.75 Å². The Morgan fingerprint density at radius 1 is 0.526 bits per heavy atom. The van der Waals surface area contributed by atoms with Crippen LogP contribution in [-0.4, -0.2) is 5.97 Å². The van der Waals surface area contributed by atoms with Crippen LogP contribution in [0.1, 0.15) is 174 Å². The summed E-state index contributed by atoms with van der Waals surface area (Å²) in [6.07, 6.45) is 40.0. The summed E-state index contributed by atoms with van der Waals surface area (Å²) in [5.41, 5.74) is 0. The molecule has 0 aliphatic carbocycles. The summed E-state index contributed by atoms with van der Waals surface area (Å²) in [7, 11) is 0. The largest absolute Gasteiger partial charge is 0.423 e. The number of carbonyl (C=O) groups excluding carboxylic acids is 1. The summed E-state index contributed by atoms with van der Waals surface area (Å²) in [4.78, 5) is 11.7. The first-order chi connectivity index (χ1) is 18.8. The Labute approximate surface area is 237 Å². The second-order valence-electron chi connectivity index (χ2n) is 11.4. The van der Waals surface area contributed by atoms with Crippen molar-refractivity contribution >= 4 is 5.97 Å². The van der Waals surface area contributed by atoms with E-state index < -0.39 is 0 Å². The van der Waals surface area contributed by atoms with Gasteiger partial charge in [0.2, 0.25) is 0 Å². The molecule has 0 heterocycles. The summed E-state index contributed by atoms with van der Waals surface area (Å²) in [6.45, 7) is 2.30. The molecule has 0 N–H and O–H groups in total. The van der Waals surface area contributed by atoms with E-state index in [2.05, 4.69) is 6.92 Å². The molecule has 0 aromatic heterocycles. The topological polar surface area (TPSA) is 26.3 Å². The molecule has 1 rings (SSSR count). The third-order valence-corrected chi connectivity index (χ3v) is 7.69. The molecule has 38 heavy (non-hydrogen) atoms. The quantitative estimate of drug-likeness (QED) is 0.0469. The van der Waals surface area contributed by atoms with Gasteiger partial charge in [0.15, 0.2) is 0 Å². The molecule has 0 radical (unpaired) electrons. The van der Waals surface area contributed by atoms with Crippen molar-refractivity contribution < 1.29 is 9.53 Å². The van der Waals surface area contributed by atoms with Gasteiger partial charge in [-0.2, -0.15) is 0 Å². The number of allylic oxidation sites excluding steroid dienone is 1. The number of para-hydroxylation sites is 1. The maximum Gasteiger partial charge on any atom is 0.335 e. The molecule has 0 aliphatic heterocycles. The van der Waals surface area contributed by atoms with Crippen molar-refractivity contribution in [2.24, 2.45) is 0 Å². The van der Waals surface area contributed by atoms with Gasteiger partial charge in [-0.25, -0.2) is 4.79 Å². The Kier molecular flexibility index (Phi) is 25.8. The molecule has 0 spiro atoms. The van der Waals surface area contributed by atoms with Crippen LogP contribution in [0.2, 0.25) is 0 Å². The van der Waals surface area contributed by atoms with Gasteiger partial charge in [-0.1, -0.05) is 185 Å². The number of ether oxygens (including phenoxy) is 1. The number of rotatable bonds is 28. The van der Waals surface area contributed by atoms with E-state index in [1.54, 1.807) is 18.2 Å². The zero-order valence-corrected chi connectivity index (χ0v) is 25.2. The Morgan fingerprint density at radius 3 is 1.24 bits per heavy atom. The van der Waals surface area contributed by atoms with E-state index in [4.69, 9.17) is 4.74 Å². The van der Waals surface area contributed by atoms with E-state index in [1.807, 2.05) is 24.3 Å². The van der Waals surface area contributed by atoms with Gasteiger partial charge < -0.3 is 4.74 Å². The van der Waals surface area contributed by atoms with Crippen molar-refractivity contribution in [2.45, 2.75) is 174 Å². The SMILES string of the molecule is CCCCCCCCCCCCCCCCCCCCCCCCCCCC=CC(=O)Oc1ccccc1. The minimum Gasteiger partial charge on any atom is -0.423 e. The average Bonchev–Trinajstić information content (AvgIpc) is 2.93. The second kappa shape index (κ2) is 28.4. The second-order valence-corrected chi connectivity index (χ2v) is 11.4. The highest BCUT2D eigenvalue weighted by atomic mass is 16.5. The third kappa shape index (κ3) is 24.7. The monoisotopic (exact) mass is 526 g/mol. The van der Waals surface area contributed by atoms with E-state index in [1.165, 1.54) is 154 Å². The van der Waals surface area contributed by atoms with Crippen molar-refractivity contribution in [1.82, 2.24) is 0 Å². The number of benzene rings is 1. The lowest BCUT2D eigenvalue weighted by Gasteiger charge is -2.04. The Bertz CT molecular complexity index is 636. The van der Waals surface area contributed by atoms with E-state index in [0.717, 1.165) is 12.8 Å². The number of unbranched alkanes of at least 4 members (excludes halogenated alkanes) is 25. The summed E-state index contributed by atoms with van der Waals surface area (Å²) < 4.78 is 5.25. The summed E-state index contributed by atoms with van der Waals surface area (Å²) >= 11 is 0. The van der Waals surface area contributed by atoms with Gasteiger partial charge in [0, 0.05) is 6.08 Å². The number of hydrogen-bond donors (Lipinski definition) is 0. The first-order valence-corrected chi connectivity index (χ1v) is 16.8. The standard InChI is InChI=1S/C36H62O2/c1-2-3-4-5-6-7-8-9-10-11-12-13-14-15-16-17-18-19-20-21-22-23-24-25-26-27-31-34-36(37)38-35-32-29-28-30-33-35/h28-34H,2-27H2,1H3. The molecule has 0 fully saturated rings. The molecule has 1 aromatic carbocycles. The van der Waals surface area contributed by atoms with Crippen LogP contribution in [0.4, 0.5) is 0 Å². The van der Waals surface area contributed by atoms with E-state index in [9.17, 15) is 4.79 Å². The van der Waals surface area contributed by atoms with Gasteiger partial charge in [-0.05, 0) is 25.0 Å². The van der Waals surface area contributed by atoms with Crippen LogP contribution in [0, 0.1) is 0 Å². The predicted octanol–water partition coefficient (Wildman–Crippen LogP) is 12.3. The molecule has 0 amide bonds. The maximum atomic E-state index is 11.7. The lowest BCUT2D eigenvalue weighted by molar-refractivity contribution is -0.129. The van der Waals surface area contributed by atoms with Crippen LogP contribution in [0.25, 0.3) is 0 Å². The number of carbonyl (C=O) groups is 1. The molecule has 0 saturated carbocycles. The van der Waals surface area contributed by atoms with E-state index >= 15 is 0 Å². The summed E-state index contributed by atoms with van der Waals surface area (Å²) in [5, 5.41) is 0. The molecule has 2 heteroatoms. The van der Waals surface area contributed by atoms with E-state index in [-0.39, 0.29) is 5.97 Å². The van der Waals surface area contributed by atoms with Crippen molar-refractivity contribution in [3.63, 3.8) is 0 Å². The van der Waals surface area contributed by atoms with Gasteiger partial charge >= 0.3 is 5.97 Å². The fraction of sp³-hybridized carbons (Fsp3) is 0.750. The van der Waals surface area contributed by atoms with Crippen LogP contribution < -0.4 is 4.74 Å². The number of esters is 1. The summed E-state index contributed by atoms with van der Waals surface area (Å²) in [5.74, 6) is 0.322. The fourth-order valence-electron chi connectivity index (χ4n) is 5.22. The minimum absolute atomic E-state index is 0.282. The van der Waals surface area contributed by atoms with Crippen molar-refractivity contribution in [3.05, 3.63) is 42.5 Å². The van der Waals surface area contributed by atoms with Gasteiger partial charge in [-0.15, -0.1) is 0 Å². The highest BCUT2D eigenvalue weighted by molar-refractivity contribution is 5.83. The van der Waals surface area contributed by atoms with Crippen LogP contribution in [0.3, 0.4) is 0 Å². The molecule has 2 nitrogen and oxygen atoms in total. The van der Waals surface area contributed by atoms with Gasteiger partial charge in [0.05, 0.1) is 0 Å². The molecule has 0 bridgehead atoms. The Balaban J connectivity index is 1.69. The Morgan fingerprint density at radius 2 is 0.868 bits per heavy atom. The number of hydrogen-bond acceptors (Lipinski definition) is 2. The minimum atomic E-state index is -0.282. The van der Waals surface area contributed by atoms with Gasteiger partial charge in [0.25, 0.3) is 0 Å². The average molecular weight is 527 g/mol. The van der Waals surface area contributed by atoms with Crippen LogP contribution in [-0.2, 0) is 4.79 Å². The van der Waals surface area contributed by atoms with E-state index in [0.29, 0.717) is 5.75 Å². The highest BCUT2D eigenvalue weighted by Gasteiger charge is 1.99. The van der Waals surface area contributed by atoms with Crippen LogP contribution >= 0.6 is 0 Å². The molecular formula is C36H62O2. The van der Waals surface area contributed by atoms with Crippen LogP contribution in [0.15, 0.2) is 42.5 Å². The molecular weight excluding hydrogens is 464 g/mol. The van der Waals surface area contributed by atoms with Crippen molar-refractivity contribution in [1.29, 1.82) is 0 Å². The smallest absolute Gasteiger partial charge is 0.335 e. The first-order valence-electron chi connectivity index (χ1n) is 16.8. The molecule has 0 aliphatic rings. The molecule has 0 atom stereocenters. The zero-order chi connectivity index (χ0) is 27.2. The van der Waals surface area contributed by atoms with Crippen molar-refractivity contribution in [3.8, 4) is 5.75 Å². The van der Waals surface area contributed by atoms with Crippen molar-refractivity contribution in [2.75, 3.05) is 0 Å². The lowest BCUT2D eigenvalue weighted by atomic mass is 10.0.